The molecule has 2 aromatic carbocycles. The largest absolute Gasteiger partial charge is 0.454 e. The van der Waals surface area contributed by atoms with Crippen molar-refractivity contribution in [2.45, 2.75) is 19.0 Å². The first-order valence-electron chi connectivity index (χ1n) is 9.35. The van der Waals surface area contributed by atoms with Crippen LogP contribution in [0, 0.1) is 0 Å². The van der Waals surface area contributed by atoms with E-state index in [0.717, 1.165) is 21.8 Å². The highest BCUT2D eigenvalue weighted by Crippen LogP contribution is 2.18. The van der Waals surface area contributed by atoms with Crippen LogP contribution in [0.3, 0.4) is 0 Å². The summed E-state index contributed by atoms with van der Waals surface area (Å²) in [4.78, 5) is 49.0. The molecule has 30 heavy (non-hydrogen) atoms. The van der Waals surface area contributed by atoms with E-state index in [1.807, 2.05) is 65.6 Å². The molecular formula is C22H21N3O5. The molecule has 0 aliphatic rings. The maximum Gasteiger partial charge on any atom is 0.328 e. The van der Waals surface area contributed by atoms with Gasteiger partial charge in [0.25, 0.3) is 11.5 Å². The van der Waals surface area contributed by atoms with E-state index in [1.54, 1.807) is 0 Å². The van der Waals surface area contributed by atoms with Crippen molar-refractivity contribution in [1.29, 1.82) is 0 Å². The Balaban J connectivity index is 1.59. The molecule has 0 aliphatic heterocycles. The van der Waals surface area contributed by atoms with Gasteiger partial charge in [0.15, 0.2) is 6.61 Å². The minimum atomic E-state index is -0.765. The Morgan fingerprint density at radius 1 is 0.967 bits per heavy atom. The number of aromatic nitrogens is 2. The minimum Gasteiger partial charge on any atom is -0.454 e. The number of hydrogen-bond donors (Lipinski definition) is 2. The van der Waals surface area contributed by atoms with Gasteiger partial charge in [0.05, 0.1) is 6.04 Å². The molecule has 0 saturated heterocycles. The zero-order valence-electron chi connectivity index (χ0n) is 16.1. The maximum atomic E-state index is 12.4. The zero-order valence-corrected chi connectivity index (χ0v) is 16.1. The zero-order chi connectivity index (χ0) is 21.3. The summed E-state index contributed by atoms with van der Waals surface area (Å²) in [5.41, 5.74) is 0.701. The SMILES string of the molecule is O=C(COC(=O)Cn1ccc(=O)[nH]c1=O)N[C@H](Cc1ccccc1)c1ccccc1. The molecule has 0 saturated carbocycles. The lowest BCUT2D eigenvalue weighted by atomic mass is 9.99. The summed E-state index contributed by atoms with van der Waals surface area (Å²) >= 11 is 0. The number of H-pyrrole nitrogens is 1. The van der Waals surface area contributed by atoms with Crippen molar-refractivity contribution in [3.8, 4) is 0 Å². The summed E-state index contributed by atoms with van der Waals surface area (Å²) < 4.78 is 5.97. The van der Waals surface area contributed by atoms with Crippen molar-refractivity contribution < 1.29 is 14.3 Å². The van der Waals surface area contributed by atoms with Crippen LogP contribution in [0.4, 0.5) is 0 Å². The van der Waals surface area contributed by atoms with Gasteiger partial charge in [-0.05, 0) is 17.5 Å². The number of nitrogens with one attached hydrogen (secondary N) is 2. The molecule has 3 rings (SSSR count). The van der Waals surface area contributed by atoms with Gasteiger partial charge >= 0.3 is 11.7 Å². The van der Waals surface area contributed by atoms with E-state index in [-0.39, 0.29) is 6.04 Å². The van der Waals surface area contributed by atoms with Crippen molar-refractivity contribution in [2.24, 2.45) is 0 Å². The fourth-order valence-corrected chi connectivity index (χ4v) is 2.92. The van der Waals surface area contributed by atoms with Gasteiger partial charge in [-0.15, -0.1) is 0 Å². The number of esters is 1. The smallest absolute Gasteiger partial charge is 0.328 e. The first-order valence-corrected chi connectivity index (χ1v) is 9.35. The molecular weight excluding hydrogens is 386 g/mol. The molecule has 0 radical (unpaired) electrons. The number of aromatic amines is 1. The van der Waals surface area contributed by atoms with Gasteiger partial charge in [-0.3, -0.25) is 23.9 Å². The number of amides is 1. The Morgan fingerprint density at radius 2 is 1.63 bits per heavy atom. The Labute approximate surface area is 172 Å². The number of ether oxygens (including phenoxy) is 1. The Morgan fingerprint density at radius 3 is 2.30 bits per heavy atom. The van der Waals surface area contributed by atoms with Crippen LogP contribution in [0.25, 0.3) is 0 Å². The summed E-state index contributed by atoms with van der Waals surface area (Å²) in [6.45, 7) is -0.885. The molecule has 0 aliphatic carbocycles. The Kier molecular flexibility index (Phi) is 6.94. The highest BCUT2D eigenvalue weighted by molar-refractivity contribution is 5.80. The first-order chi connectivity index (χ1) is 14.5. The summed E-state index contributed by atoms with van der Waals surface area (Å²) in [5, 5.41) is 2.89. The van der Waals surface area contributed by atoms with E-state index >= 15 is 0 Å². The van der Waals surface area contributed by atoms with Crippen LogP contribution in [-0.2, 0) is 27.3 Å². The lowest BCUT2D eigenvalue weighted by Crippen LogP contribution is -2.35. The topological polar surface area (TPSA) is 110 Å². The second kappa shape index (κ2) is 10.0. The van der Waals surface area contributed by atoms with Crippen molar-refractivity contribution in [3.63, 3.8) is 0 Å². The predicted molar refractivity (Wildman–Crippen MR) is 110 cm³/mol. The fraction of sp³-hybridized carbons (Fsp3) is 0.182. The van der Waals surface area contributed by atoms with Gasteiger partial charge in [0, 0.05) is 12.3 Å². The van der Waals surface area contributed by atoms with Crippen molar-refractivity contribution in [3.05, 3.63) is 105 Å². The summed E-state index contributed by atoms with van der Waals surface area (Å²) in [6, 6.07) is 20.1. The molecule has 3 aromatic rings. The highest BCUT2D eigenvalue weighted by Gasteiger charge is 2.17. The average Bonchev–Trinajstić information content (AvgIpc) is 2.75. The quantitative estimate of drug-likeness (QED) is 0.545. The molecule has 2 N–H and O–H groups in total. The molecule has 154 valence electrons. The minimum absolute atomic E-state index is 0.290. The molecule has 0 spiro atoms. The van der Waals surface area contributed by atoms with Crippen LogP contribution >= 0.6 is 0 Å². The molecule has 1 amide bonds. The van der Waals surface area contributed by atoms with Crippen molar-refractivity contribution >= 4 is 11.9 Å². The van der Waals surface area contributed by atoms with Crippen LogP contribution in [-0.4, -0.2) is 28.0 Å². The maximum absolute atomic E-state index is 12.4. The molecule has 1 heterocycles. The Hall–Kier alpha value is -3.94. The van der Waals surface area contributed by atoms with Crippen LogP contribution in [0.5, 0.6) is 0 Å². The first kappa shape index (κ1) is 20.8. The third-order valence-corrected chi connectivity index (χ3v) is 4.38. The van der Waals surface area contributed by atoms with Gasteiger partial charge in [0.1, 0.15) is 6.54 Å². The van der Waals surface area contributed by atoms with Crippen molar-refractivity contribution in [2.75, 3.05) is 6.61 Å². The number of carbonyl (C=O) groups is 2. The van der Waals surface area contributed by atoms with E-state index in [0.29, 0.717) is 6.42 Å². The van der Waals surface area contributed by atoms with Gasteiger partial charge in [-0.2, -0.15) is 0 Å². The highest BCUT2D eigenvalue weighted by atomic mass is 16.5. The second-order valence-corrected chi connectivity index (χ2v) is 6.62. The van der Waals surface area contributed by atoms with E-state index in [1.165, 1.54) is 6.20 Å². The molecule has 0 fully saturated rings. The van der Waals surface area contributed by atoms with Gasteiger partial charge < -0.3 is 10.1 Å². The number of benzene rings is 2. The van der Waals surface area contributed by atoms with E-state index < -0.39 is 36.3 Å². The number of nitrogens with zero attached hydrogens (tertiary/aromatic N) is 1. The van der Waals surface area contributed by atoms with Gasteiger partial charge in [0.2, 0.25) is 0 Å². The molecule has 1 aromatic heterocycles. The number of carbonyl (C=O) groups excluding carboxylic acids is 2. The molecule has 0 bridgehead atoms. The summed E-state index contributed by atoms with van der Waals surface area (Å²) in [5.74, 6) is -1.22. The monoisotopic (exact) mass is 407 g/mol. The van der Waals surface area contributed by atoms with Gasteiger partial charge in [-0.25, -0.2) is 4.79 Å². The Bertz CT molecular complexity index is 1110. The standard InChI is InChI=1S/C22H21N3O5/c26-19-11-12-25(22(29)24-19)14-21(28)30-15-20(27)23-18(17-9-5-2-6-10-17)13-16-7-3-1-4-8-16/h1-12,18H,13-15H2,(H,23,27)(H,24,26,29)/t18-/m1/s1. The second-order valence-electron chi connectivity index (χ2n) is 6.62. The molecule has 0 unspecified atom stereocenters. The third kappa shape index (κ3) is 6.03. The molecule has 8 heteroatoms. The number of rotatable bonds is 8. The van der Waals surface area contributed by atoms with Crippen molar-refractivity contribution in [1.82, 2.24) is 14.9 Å². The average molecular weight is 407 g/mol. The summed E-state index contributed by atoms with van der Waals surface area (Å²) in [7, 11) is 0. The van der Waals surface area contributed by atoms with E-state index in [2.05, 4.69) is 5.32 Å². The van der Waals surface area contributed by atoms with Gasteiger partial charge in [-0.1, -0.05) is 60.7 Å². The van der Waals surface area contributed by atoms with E-state index in [4.69, 9.17) is 4.74 Å². The van der Waals surface area contributed by atoms with Crippen LogP contribution < -0.4 is 16.6 Å². The molecule has 8 nitrogen and oxygen atoms in total. The van der Waals surface area contributed by atoms with Crippen LogP contribution in [0.15, 0.2) is 82.5 Å². The summed E-state index contributed by atoms with van der Waals surface area (Å²) in [6.07, 6.45) is 1.77. The molecule has 1 atom stereocenters. The predicted octanol–water partition coefficient (Wildman–Crippen LogP) is 1.18. The lowest BCUT2D eigenvalue weighted by molar-refractivity contribution is -0.149. The third-order valence-electron chi connectivity index (χ3n) is 4.38. The van der Waals surface area contributed by atoms with Crippen LogP contribution in [0.2, 0.25) is 0 Å². The van der Waals surface area contributed by atoms with Crippen LogP contribution in [0.1, 0.15) is 17.2 Å². The lowest BCUT2D eigenvalue weighted by Gasteiger charge is -2.19. The fourth-order valence-electron chi connectivity index (χ4n) is 2.92. The number of hydrogen-bond acceptors (Lipinski definition) is 5. The normalized spacial score (nSPS) is 11.5. The van der Waals surface area contributed by atoms with E-state index in [9.17, 15) is 19.2 Å².